The Morgan fingerprint density at radius 1 is 1.29 bits per heavy atom. The van der Waals surface area contributed by atoms with Crippen LogP contribution in [0.4, 0.5) is 5.69 Å². The maximum Gasteiger partial charge on any atom is 0.437 e. The van der Waals surface area contributed by atoms with Crippen LogP contribution in [0.5, 0.6) is 0 Å². The molecule has 3 rings (SSSR count). The van der Waals surface area contributed by atoms with Crippen LogP contribution in [0, 0.1) is 0 Å². The highest BCUT2D eigenvalue weighted by Crippen LogP contribution is 2.29. The van der Waals surface area contributed by atoms with Crippen molar-refractivity contribution in [2.45, 2.75) is 13.0 Å². The summed E-state index contributed by atoms with van der Waals surface area (Å²) in [6, 6.07) is 8.58. The smallest absolute Gasteiger partial charge is 0.387 e. The van der Waals surface area contributed by atoms with Crippen molar-refractivity contribution in [3.63, 3.8) is 0 Å². The van der Waals surface area contributed by atoms with Gasteiger partial charge in [0.25, 0.3) is 5.89 Å². The SMILES string of the molecule is O=C(CCn1nc(-c2cccs2)oc1=O)Nc1cccc(Cl)c1Cl. The van der Waals surface area contributed by atoms with Crippen LogP contribution >= 0.6 is 34.5 Å². The van der Waals surface area contributed by atoms with Gasteiger partial charge in [0.15, 0.2) is 0 Å². The summed E-state index contributed by atoms with van der Waals surface area (Å²) in [4.78, 5) is 24.5. The van der Waals surface area contributed by atoms with Gasteiger partial charge in [-0.25, -0.2) is 4.79 Å². The van der Waals surface area contributed by atoms with Gasteiger partial charge in [0, 0.05) is 6.42 Å². The molecule has 2 heterocycles. The summed E-state index contributed by atoms with van der Waals surface area (Å²) >= 11 is 13.3. The van der Waals surface area contributed by atoms with Crippen LogP contribution in [-0.2, 0) is 11.3 Å². The zero-order chi connectivity index (χ0) is 17.1. The maximum absolute atomic E-state index is 12.0. The van der Waals surface area contributed by atoms with E-state index in [1.807, 2.05) is 11.4 Å². The average Bonchev–Trinajstić information content (AvgIpc) is 3.19. The minimum Gasteiger partial charge on any atom is -0.387 e. The molecule has 0 atom stereocenters. The van der Waals surface area contributed by atoms with Gasteiger partial charge in [-0.2, -0.15) is 4.68 Å². The minimum absolute atomic E-state index is 0.0408. The number of nitrogens with zero attached hydrogens (tertiary/aromatic N) is 2. The number of aryl methyl sites for hydroxylation is 1. The summed E-state index contributed by atoms with van der Waals surface area (Å²) in [6.45, 7) is 0.0950. The molecular formula is C15H11Cl2N3O3S. The standard InChI is InChI=1S/C15H11Cl2N3O3S/c16-9-3-1-4-10(13(9)17)18-12(21)6-7-20-15(22)23-14(19-20)11-5-2-8-24-11/h1-5,8H,6-7H2,(H,18,21). The van der Waals surface area contributed by atoms with Crippen LogP contribution in [0.15, 0.2) is 44.9 Å². The maximum atomic E-state index is 12.0. The summed E-state index contributed by atoms with van der Waals surface area (Å²) in [5.74, 6) is -0.674. The first-order valence-corrected chi connectivity index (χ1v) is 8.54. The van der Waals surface area contributed by atoms with Crippen molar-refractivity contribution in [3.8, 4) is 10.8 Å². The Morgan fingerprint density at radius 2 is 2.12 bits per heavy atom. The van der Waals surface area contributed by atoms with Gasteiger partial charge in [0.05, 0.1) is 27.2 Å². The Labute approximate surface area is 150 Å². The number of hydrogen-bond acceptors (Lipinski definition) is 5. The third kappa shape index (κ3) is 3.69. The number of halogens is 2. The van der Waals surface area contributed by atoms with E-state index in [0.717, 1.165) is 9.56 Å². The lowest BCUT2D eigenvalue weighted by atomic mass is 10.3. The summed E-state index contributed by atoms with van der Waals surface area (Å²) in [5, 5.41) is 9.21. The number of thiophene rings is 1. The summed E-state index contributed by atoms with van der Waals surface area (Å²) < 4.78 is 6.20. The Hall–Kier alpha value is -2.09. The fraction of sp³-hybridized carbons (Fsp3) is 0.133. The van der Waals surface area contributed by atoms with Crippen molar-refractivity contribution < 1.29 is 9.21 Å². The first kappa shape index (κ1) is 16.8. The number of nitrogens with one attached hydrogen (secondary N) is 1. The summed E-state index contributed by atoms with van der Waals surface area (Å²) in [7, 11) is 0. The van der Waals surface area contributed by atoms with E-state index in [4.69, 9.17) is 27.6 Å². The third-order valence-electron chi connectivity index (χ3n) is 3.11. The topological polar surface area (TPSA) is 77.1 Å². The number of benzene rings is 1. The highest BCUT2D eigenvalue weighted by Gasteiger charge is 2.13. The molecule has 0 aliphatic heterocycles. The highest BCUT2D eigenvalue weighted by atomic mass is 35.5. The van der Waals surface area contributed by atoms with Gasteiger partial charge in [0.1, 0.15) is 0 Å². The first-order valence-electron chi connectivity index (χ1n) is 6.90. The van der Waals surface area contributed by atoms with Gasteiger partial charge in [-0.15, -0.1) is 16.4 Å². The third-order valence-corrected chi connectivity index (χ3v) is 4.79. The molecule has 2 aromatic heterocycles. The zero-order valence-electron chi connectivity index (χ0n) is 12.2. The molecule has 3 aromatic rings. The van der Waals surface area contributed by atoms with Gasteiger partial charge in [0.2, 0.25) is 5.91 Å². The van der Waals surface area contributed by atoms with Gasteiger partial charge in [-0.05, 0) is 23.6 Å². The van der Waals surface area contributed by atoms with E-state index in [0.29, 0.717) is 10.7 Å². The van der Waals surface area contributed by atoms with Crippen LogP contribution in [0.1, 0.15) is 6.42 Å². The van der Waals surface area contributed by atoms with Gasteiger partial charge < -0.3 is 9.73 Å². The lowest BCUT2D eigenvalue weighted by molar-refractivity contribution is -0.116. The summed E-state index contributed by atoms with van der Waals surface area (Å²) in [6.07, 6.45) is 0.0408. The number of anilines is 1. The molecule has 0 unspecified atom stereocenters. The van der Waals surface area contributed by atoms with E-state index in [1.54, 1.807) is 24.3 Å². The summed E-state index contributed by atoms with van der Waals surface area (Å²) in [5.41, 5.74) is 0.418. The lowest BCUT2D eigenvalue weighted by Crippen LogP contribution is -2.21. The number of amides is 1. The van der Waals surface area contributed by atoms with Crippen molar-refractivity contribution in [1.82, 2.24) is 9.78 Å². The fourth-order valence-electron chi connectivity index (χ4n) is 1.97. The molecule has 1 amide bonds. The Balaban J connectivity index is 1.64. The van der Waals surface area contributed by atoms with Gasteiger partial charge in [-0.1, -0.05) is 35.3 Å². The molecule has 124 valence electrons. The van der Waals surface area contributed by atoms with Crippen LogP contribution in [0.3, 0.4) is 0 Å². The molecule has 24 heavy (non-hydrogen) atoms. The van der Waals surface area contributed by atoms with Crippen LogP contribution in [0.25, 0.3) is 10.8 Å². The number of carbonyl (C=O) groups is 1. The highest BCUT2D eigenvalue weighted by molar-refractivity contribution is 7.13. The van der Waals surface area contributed by atoms with Crippen molar-refractivity contribution in [2.24, 2.45) is 0 Å². The largest absolute Gasteiger partial charge is 0.437 e. The molecule has 9 heteroatoms. The molecule has 0 spiro atoms. The molecule has 0 bridgehead atoms. The van der Waals surface area contributed by atoms with Crippen LogP contribution < -0.4 is 11.1 Å². The molecule has 0 aliphatic carbocycles. The Bertz CT molecular complexity index is 918. The normalized spacial score (nSPS) is 10.8. The molecule has 6 nitrogen and oxygen atoms in total. The molecule has 0 saturated heterocycles. The van der Waals surface area contributed by atoms with E-state index in [-0.39, 0.29) is 29.8 Å². The van der Waals surface area contributed by atoms with Crippen molar-refractivity contribution in [1.29, 1.82) is 0 Å². The number of hydrogen-bond donors (Lipinski definition) is 1. The molecule has 0 saturated carbocycles. The van der Waals surface area contributed by atoms with Gasteiger partial charge in [-0.3, -0.25) is 4.79 Å². The average molecular weight is 384 g/mol. The van der Waals surface area contributed by atoms with Crippen molar-refractivity contribution in [3.05, 3.63) is 56.3 Å². The van der Waals surface area contributed by atoms with Crippen molar-refractivity contribution >= 4 is 46.1 Å². The predicted molar refractivity (Wildman–Crippen MR) is 93.8 cm³/mol. The zero-order valence-corrected chi connectivity index (χ0v) is 14.5. The molecule has 0 radical (unpaired) electrons. The number of rotatable bonds is 5. The molecule has 0 aliphatic rings. The van der Waals surface area contributed by atoms with E-state index >= 15 is 0 Å². The molecule has 1 aromatic carbocycles. The van der Waals surface area contributed by atoms with Crippen molar-refractivity contribution in [2.75, 3.05) is 5.32 Å². The molecular weight excluding hydrogens is 373 g/mol. The van der Waals surface area contributed by atoms with Crippen LogP contribution in [-0.4, -0.2) is 15.7 Å². The predicted octanol–water partition coefficient (Wildman–Crippen LogP) is 3.90. The Kier molecular flexibility index (Phi) is 5.03. The van der Waals surface area contributed by atoms with E-state index in [1.165, 1.54) is 11.3 Å². The van der Waals surface area contributed by atoms with Gasteiger partial charge >= 0.3 is 5.76 Å². The fourth-order valence-corrected chi connectivity index (χ4v) is 2.96. The minimum atomic E-state index is -0.605. The second kappa shape index (κ2) is 7.21. The number of carbonyl (C=O) groups excluding carboxylic acids is 1. The first-order chi connectivity index (χ1) is 11.5. The quantitative estimate of drug-likeness (QED) is 0.724. The number of aromatic nitrogens is 2. The second-order valence-corrected chi connectivity index (χ2v) is 6.51. The second-order valence-electron chi connectivity index (χ2n) is 4.77. The Morgan fingerprint density at radius 3 is 2.88 bits per heavy atom. The van der Waals surface area contributed by atoms with E-state index < -0.39 is 5.76 Å². The molecule has 1 N–H and O–H groups in total. The monoisotopic (exact) mass is 383 g/mol. The van der Waals surface area contributed by atoms with E-state index in [9.17, 15) is 9.59 Å². The van der Waals surface area contributed by atoms with Crippen LogP contribution in [0.2, 0.25) is 10.0 Å². The lowest BCUT2D eigenvalue weighted by Gasteiger charge is -2.07. The molecule has 0 fully saturated rings. The van der Waals surface area contributed by atoms with E-state index in [2.05, 4.69) is 10.4 Å².